The second-order valence-electron chi connectivity index (χ2n) is 6.95. The van der Waals surface area contributed by atoms with Gasteiger partial charge in [-0.25, -0.2) is 0 Å². The molecule has 0 saturated carbocycles. The Hall–Kier alpha value is -1.89. The Morgan fingerprint density at radius 1 is 1.38 bits per heavy atom. The monoisotopic (exact) mass is 333 g/mol. The minimum absolute atomic E-state index is 0.00724. The normalized spacial score (nSPS) is 24.2. The molecule has 7 heteroatoms. The first-order valence-electron chi connectivity index (χ1n) is 8.85. The summed E-state index contributed by atoms with van der Waals surface area (Å²) >= 11 is 0. The number of nitrogens with zero attached hydrogens (tertiary/aromatic N) is 3. The molecule has 0 spiro atoms. The summed E-state index contributed by atoms with van der Waals surface area (Å²) in [5, 5.41) is 10.5. The van der Waals surface area contributed by atoms with E-state index >= 15 is 0 Å². The van der Waals surface area contributed by atoms with Crippen molar-refractivity contribution in [1.82, 2.24) is 25.3 Å². The van der Waals surface area contributed by atoms with E-state index in [-0.39, 0.29) is 17.9 Å². The van der Waals surface area contributed by atoms with Crippen LogP contribution in [0, 0.1) is 12.8 Å². The molecule has 1 aromatic heterocycles. The summed E-state index contributed by atoms with van der Waals surface area (Å²) in [4.78, 5) is 26.6. The molecular formula is C17H27N5O2. The van der Waals surface area contributed by atoms with Crippen LogP contribution in [-0.4, -0.2) is 58.7 Å². The molecule has 132 valence electrons. The van der Waals surface area contributed by atoms with Crippen LogP contribution in [0.1, 0.15) is 41.9 Å². The number of likely N-dealkylation sites (tertiary alicyclic amines) is 1. The van der Waals surface area contributed by atoms with Crippen molar-refractivity contribution in [2.24, 2.45) is 13.0 Å². The molecule has 3 heterocycles. The van der Waals surface area contributed by atoms with Gasteiger partial charge in [0.15, 0.2) is 5.69 Å². The number of nitrogens with one attached hydrogen (secondary N) is 2. The fourth-order valence-electron chi connectivity index (χ4n) is 3.52. The number of hydrogen-bond acceptors (Lipinski definition) is 4. The fourth-order valence-corrected chi connectivity index (χ4v) is 3.52. The van der Waals surface area contributed by atoms with Gasteiger partial charge in [0.1, 0.15) is 0 Å². The van der Waals surface area contributed by atoms with Crippen LogP contribution in [-0.2, 0) is 11.8 Å². The van der Waals surface area contributed by atoms with Crippen LogP contribution < -0.4 is 10.6 Å². The third-order valence-electron chi connectivity index (χ3n) is 5.08. The number of aromatic nitrogens is 2. The van der Waals surface area contributed by atoms with Crippen LogP contribution in [0.15, 0.2) is 6.07 Å². The van der Waals surface area contributed by atoms with Crippen molar-refractivity contribution < 1.29 is 9.59 Å². The molecule has 2 unspecified atom stereocenters. The fraction of sp³-hybridized carbons (Fsp3) is 0.706. The topological polar surface area (TPSA) is 79.3 Å². The standard InChI is InChI=1S/C17H27N5O2/c1-12-9-15(20-21(12)2)17(24)22-8-4-5-13(11-22)10-19-16(23)14-6-3-7-18-14/h9,13-14,18H,3-8,10-11H2,1-2H3,(H,19,23). The predicted molar refractivity (Wildman–Crippen MR) is 90.6 cm³/mol. The zero-order valence-electron chi connectivity index (χ0n) is 14.5. The van der Waals surface area contributed by atoms with Gasteiger partial charge in [-0.3, -0.25) is 14.3 Å². The van der Waals surface area contributed by atoms with Gasteiger partial charge in [0.25, 0.3) is 5.91 Å². The minimum Gasteiger partial charge on any atom is -0.354 e. The van der Waals surface area contributed by atoms with E-state index in [1.165, 1.54) is 0 Å². The molecule has 2 aliphatic rings. The summed E-state index contributed by atoms with van der Waals surface area (Å²) in [6.45, 7) is 4.96. The van der Waals surface area contributed by atoms with Crippen molar-refractivity contribution in [2.75, 3.05) is 26.2 Å². The van der Waals surface area contributed by atoms with E-state index in [2.05, 4.69) is 15.7 Å². The Kier molecular flexibility index (Phi) is 5.18. The first kappa shape index (κ1) is 17.0. The lowest BCUT2D eigenvalue weighted by molar-refractivity contribution is -0.123. The Labute approximate surface area is 142 Å². The van der Waals surface area contributed by atoms with E-state index in [1.807, 2.05) is 24.9 Å². The van der Waals surface area contributed by atoms with Gasteiger partial charge in [-0.05, 0) is 51.1 Å². The highest BCUT2D eigenvalue weighted by atomic mass is 16.2. The summed E-state index contributed by atoms with van der Waals surface area (Å²) in [5.74, 6) is 0.404. The first-order chi connectivity index (χ1) is 11.5. The number of carbonyl (C=O) groups is 2. The van der Waals surface area contributed by atoms with E-state index in [0.29, 0.717) is 24.7 Å². The second kappa shape index (κ2) is 7.34. The summed E-state index contributed by atoms with van der Waals surface area (Å²) < 4.78 is 1.73. The van der Waals surface area contributed by atoms with Crippen LogP contribution in [0.3, 0.4) is 0 Å². The van der Waals surface area contributed by atoms with Crippen LogP contribution in [0.5, 0.6) is 0 Å². The largest absolute Gasteiger partial charge is 0.354 e. The molecule has 0 radical (unpaired) electrons. The molecule has 2 saturated heterocycles. The molecule has 7 nitrogen and oxygen atoms in total. The van der Waals surface area contributed by atoms with Gasteiger partial charge < -0.3 is 15.5 Å². The lowest BCUT2D eigenvalue weighted by Gasteiger charge is -2.32. The number of aryl methyl sites for hydroxylation is 2. The SMILES string of the molecule is Cc1cc(C(=O)N2CCCC(CNC(=O)C3CCCN3)C2)nn1C. The average Bonchev–Trinajstić information content (AvgIpc) is 3.23. The maximum atomic E-state index is 12.6. The Bertz CT molecular complexity index is 587. The van der Waals surface area contributed by atoms with Gasteiger partial charge in [-0.1, -0.05) is 0 Å². The molecule has 2 amide bonds. The molecule has 0 aromatic carbocycles. The van der Waals surface area contributed by atoms with Crippen molar-refractivity contribution >= 4 is 11.8 Å². The summed E-state index contributed by atoms with van der Waals surface area (Å²) in [6.07, 6.45) is 4.00. The molecule has 24 heavy (non-hydrogen) atoms. The molecule has 2 aliphatic heterocycles. The molecule has 0 bridgehead atoms. The maximum absolute atomic E-state index is 12.6. The average molecular weight is 333 g/mol. The zero-order chi connectivity index (χ0) is 17.1. The number of amides is 2. The third-order valence-corrected chi connectivity index (χ3v) is 5.08. The molecule has 2 atom stereocenters. The minimum atomic E-state index is -0.0391. The van der Waals surface area contributed by atoms with Gasteiger partial charge in [0.05, 0.1) is 6.04 Å². The predicted octanol–water partition coefficient (Wildman–Crippen LogP) is 0.449. The Morgan fingerprint density at radius 2 is 2.21 bits per heavy atom. The van der Waals surface area contributed by atoms with Crippen molar-refractivity contribution in [3.8, 4) is 0 Å². The van der Waals surface area contributed by atoms with E-state index in [1.54, 1.807) is 4.68 Å². The van der Waals surface area contributed by atoms with Gasteiger partial charge in [-0.15, -0.1) is 0 Å². The van der Waals surface area contributed by atoms with E-state index in [9.17, 15) is 9.59 Å². The van der Waals surface area contributed by atoms with Gasteiger partial charge in [-0.2, -0.15) is 5.10 Å². The van der Waals surface area contributed by atoms with Gasteiger partial charge in [0, 0.05) is 32.4 Å². The van der Waals surface area contributed by atoms with E-state index in [0.717, 1.165) is 44.5 Å². The highest BCUT2D eigenvalue weighted by Gasteiger charge is 2.27. The molecule has 3 rings (SSSR count). The number of piperidine rings is 1. The van der Waals surface area contributed by atoms with Crippen LogP contribution in [0.25, 0.3) is 0 Å². The molecule has 1 aromatic rings. The molecule has 0 aliphatic carbocycles. The Balaban J connectivity index is 1.52. The summed E-state index contributed by atoms with van der Waals surface area (Å²) in [7, 11) is 1.84. The van der Waals surface area contributed by atoms with E-state index in [4.69, 9.17) is 0 Å². The number of rotatable bonds is 4. The lowest BCUT2D eigenvalue weighted by Crippen LogP contribution is -2.46. The molecular weight excluding hydrogens is 306 g/mol. The van der Waals surface area contributed by atoms with Crippen LogP contribution in [0.4, 0.5) is 0 Å². The van der Waals surface area contributed by atoms with Crippen molar-refractivity contribution in [2.45, 2.75) is 38.6 Å². The quantitative estimate of drug-likeness (QED) is 0.838. The highest BCUT2D eigenvalue weighted by Crippen LogP contribution is 2.18. The van der Waals surface area contributed by atoms with E-state index < -0.39 is 0 Å². The second-order valence-corrected chi connectivity index (χ2v) is 6.95. The van der Waals surface area contributed by atoms with Crippen LogP contribution >= 0.6 is 0 Å². The van der Waals surface area contributed by atoms with Gasteiger partial charge in [0.2, 0.25) is 5.91 Å². The summed E-state index contributed by atoms with van der Waals surface area (Å²) in [5.41, 5.74) is 1.48. The van der Waals surface area contributed by atoms with Crippen molar-refractivity contribution in [3.05, 3.63) is 17.5 Å². The van der Waals surface area contributed by atoms with Crippen molar-refractivity contribution in [3.63, 3.8) is 0 Å². The highest BCUT2D eigenvalue weighted by molar-refractivity contribution is 5.92. The van der Waals surface area contributed by atoms with Crippen molar-refractivity contribution in [1.29, 1.82) is 0 Å². The zero-order valence-corrected chi connectivity index (χ0v) is 14.5. The lowest BCUT2D eigenvalue weighted by atomic mass is 9.97. The van der Waals surface area contributed by atoms with Crippen LogP contribution in [0.2, 0.25) is 0 Å². The Morgan fingerprint density at radius 3 is 2.88 bits per heavy atom. The summed E-state index contributed by atoms with van der Waals surface area (Å²) in [6, 6.07) is 1.79. The first-order valence-corrected chi connectivity index (χ1v) is 8.85. The number of hydrogen-bond donors (Lipinski definition) is 2. The third kappa shape index (κ3) is 3.77. The smallest absolute Gasteiger partial charge is 0.274 e. The maximum Gasteiger partial charge on any atom is 0.274 e. The number of carbonyl (C=O) groups excluding carboxylic acids is 2. The van der Waals surface area contributed by atoms with Gasteiger partial charge >= 0.3 is 0 Å². The molecule has 2 N–H and O–H groups in total. The molecule has 2 fully saturated rings.